The van der Waals surface area contributed by atoms with Gasteiger partial charge in [-0.3, -0.25) is 4.79 Å². The fourth-order valence-corrected chi connectivity index (χ4v) is 1.77. The van der Waals surface area contributed by atoms with Crippen molar-refractivity contribution in [3.05, 3.63) is 16.1 Å². The highest BCUT2D eigenvalue weighted by molar-refractivity contribution is 7.11. The molecule has 0 fully saturated rings. The lowest BCUT2D eigenvalue weighted by molar-refractivity contribution is 0.0803. The molecule has 0 aliphatic heterocycles. The van der Waals surface area contributed by atoms with Gasteiger partial charge >= 0.3 is 0 Å². The SMILES string of the molecule is Cc1ncsc1C(=O)N(C)CCN. The average molecular weight is 199 g/mol. The number of hydrogen-bond acceptors (Lipinski definition) is 4. The Labute approximate surface area is 81.4 Å². The Balaban J connectivity index is 2.73. The molecule has 1 aromatic rings. The fourth-order valence-electron chi connectivity index (χ4n) is 0.976. The van der Waals surface area contributed by atoms with Crippen molar-refractivity contribution in [2.24, 2.45) is 5.73 Å². The minimum Gasteiger partial charge on any atom is -0.340 e. The molecule has 0 aliphatic carbocycles. The molecule has 4 nitrogen and oxygen atoms in total. The standard InChI is InChI=1S/C8H13N3OS/c1-6-7(13-5-10-6)8(12)11(2)4-3-9/h5H,3-4,9H2,1-2H3. The van der Waals surface area contributed by atoms with E-state index in [1.807, 2.05) is 6.92 Å². The molecule has 0 spiro atoms. The maximum Gasteiger partial charge on any atom is 0.265 e. The number of likely N-dealkylation sites (N-methyl/N-ethyl adjacent to an activating group) is 1. The molecule has 5 heteroatoms. The predicted octanol–water partition coefficient (Wildman–Crippen LogP) is 0.482. The zero-order chi connectivity index (χ0) is 9.84. The maximum atomic E-state index is 11.7. The van der Waals surface area contributed by atoms with Crippen LogP contribution in [0.1, 0.15) is 15.4 Å². The van der Waals surface area contributed by atoms with E-state index in [0.29, 0.717) is 18.0 Å². The Kier molecular flexibility index (Phi) is 3.39. The van der Waals surface area contributed by atoms with Gasteiger partial charge in [0.2, 0.25) is 0 Å². The number of hydrogen-bond donors (Lipinski definition) is 1. The molecule has 1 rings (SSSR count). The van der Waals surface area contributed by atoms with Gasteiger partial charge in [-0.2, -0.15) is 0 Å². The fraction of sp³-hybridized carbons (Fsp3) is 0.500. The van der Waals surface area contributed by atoms with Gasteiger partial charge in [-0.05, 0) is 6.92 Å². The highest BCUT2D eigenvalue weighted by Crippen LogP contribution is 2.13. The van der Waals surface area contributed by atoms with Crippen LogP contribution in [-0.4, -0.2) is 35.9 Å². The van der Waals surface area contributed by atoms with E-state index in [1.54, 1.807) is 17.5 Å². The van der Waals surface area contributed by atoms with Crippen molar-refractivity contribution in [3.63, 3.8) is 0 Å². The summed E-state index contributed by atoms with van der Waals surface area (Å²) in [5.74, 6) is 0.00505. The Hall–Kier alpha value is -0.940. The molecule has 0 aliphatic rings. The van der Waals surface area contributed by atoms with Crippen LogP contribution in [0.25, 0.3) is 0 Å². The number of carbonyl (C=O) groups is 1. The van der Waals surface area contributed by atoms with Crippen LogP contribution in [0.15, 0.2) is 5.51 Å². The number of rotatable bonds is 3. The van der Waals surface area contributed by atoms with E-state index >= 15 is 0 Å². The number of nitrogens with two attached hydrogens (primary N) is 1. The number of thiazole rings is 1. The lowest BCUT2D eigenvalue weighted by Gasteiger charge is -2.14. The van der Waals surface area contributed by atoms with Crippen molar-refractivity contribution in [2.75, 3.05) is 20.1 Å². The zero-order valence-electron chi connectivity index (χ0n) is 7.78. The monoisotopic (exact) mass is 199 g/mol. The number of carbonyl (C=O) groups excluding carboxylic acids is 1. The van der Waals surface area contributed by atoms with Crippen LogP contribution in [0.4, 0.5) is 0 Å². The number of amides is 1. The van der Waals surface area contributed by atoms with Gasteiger partial charge in [0.15, 0.2) is 0 Å². The highest BCUT2D eigenvalue weighted by atomic mass is 32.1. The first-order valence-corrected chi connectivity index (χ1v) is 4.90. The summed E-state index contributed by atoms with van der Waals surface area (Å²) in [7, 11) is 1.74. The van der Waals surface area contributed by atoms with Gasteiger partial charge in [-0.1, -0.05) is 0 Å². The molecule has 2 N–H and O–H groups in total. The Morgan fingerprint density at radius 2 is 2.46 bits per heavy atom. The van der Waals surface area contributed by atoms with Crippen molar-refractivity contribution < 1.29 is 4.79 Å². The smallest absolute Gasteiger partial charge is 0.265 e. The third-order valence-electron chi connectivity index (χ3n) is 1.75. The Morgan fingerprint density at radius 3 is 2.92 bits per heavy atom. The Bertz CT molecular complexity index is 297. The molecule has 0 atom stereocenters. The molecule has 0 radical (unpaired) electrons. The summed E-state index contributed by atoms with van der Waals surface area (Å²) in [4.78, 5) is 18.0. The molecule has 0 aromatic carbocycles. The quantitative estimate of drug-likeness (QED) is 0.770. The Morgan fingerprint density at radius 1 is 1.77 bits per heavy atom. The first-order valence-electron chi connectivity index (χ1n) is 4.02. The second kappa shape index (κ2) is 4.34. The zero-order valence-corrected chi connectivity index (χ0v) is 8.60. The van der Waals surface area contributed by atoms with Crippen molar-refractivity contribution in [1.29, 1.82) is 0 Å². The van der Waals surface area contributed by atoms with E-state index in [1.165, 1.54) is 11.3 Å². The van der Waals surface area contributed by atoms with Gasteiger partial charge in [-0.15, -0.1) is 11.3 Å². The minimum atomic E-state index is 0.00505. The van der Waals surface area contributed by atoms with E-state index in [9.17, 15) is 4.79 Å². The van der Waals surface area contributed by atoms with Gasteiger partial charge in [-0.25, -0.2) is 4.98 Å². The van der Waals surface area contributed by atoms with Gasteiger partial charge < -0.3 is 10.6 Å². The molecule has 0 bridgehead atoms. The van der Waals surface area contributed by atoms with Crippen LogP contribution in [-0.2, 0) is 0 Å². The minimum absolute atomic E-state index is 0.00505. The van der Waals surface area contributed by atoms with E-state index in [0.717, 1.165) is 5.69 Å². The average Bonchev–Trinajstić information content (AvgIpc) is 2.50. The summed E-state index contributed by atoms with van der Waals surface area (Å²) >= 11 is 1.37. The molecule has 13 heavy (non-hydrogen) atoms. The second-order valence-electron chi connectivity index (χ2n) is 2.78. The number of aryl methyl sites for hydroxylation is 1. The largest absolute Gasteiger partial charge is 0.340 e. The maximum absolute atomic E-state index is 11.7. The van der Waals surface area contributed by atoms with Gasteiger partial charge in [0.25, 0.3) is 5.91 Å². The van der Waals surface area contributed by atoms with Gasteiger partial charge in [0.1, 0.15) is 4.88 Å². The van der Waals surface area contributed by atoms with Crippen LogP contribution in [0.2, 0.25) is 0 Å². The molecule has 1 aromatic heterocycles. The molecule has 0 unspecified atom stereocenters. The van der Waals surface area contributed by atoms with Gasteiger partial charge in [0, 0.05) is 20.1 Å². The van der Waals surface area contributed by atoms with E-state index in [2.05, 4.69) is 4.98 Å². The molecule has 0 saturated carbocycles. The summed E-state index contributed by atoms with van der Waals surface area (Å²) in [6, 6.07) is 0. The third kappa shape index (κ3) is 2.26. The predicted molar refractivity (Wildman–Crippen MR) is 52.9 cm³/mol. The molecular formula is C8H13N3OS. The summed E-state index contributed by atoms with van der Waals surface area (Å²) < 4.78 is 0. The summed E-state index contributed by atoms with van der Waals surface area (Å²) in [5.41, 5.74) is 7.82. The molecule has 72 valence electrons. The van der Waals surface area contributed by atoms with Crippen LogP contribution in [0, 0.1) is 6.92 Å². The first-order chi connectivity index (χ1) is 6.16. The van der Waals surface area contributed by atoms with Crippen LogP contribution < -0.4 is 5.73 Å². The van der Waals surface area contributed by atoms with Crippen LogP contribution in [0.3, 0.4) is 0 Å². The third-order valence-corrected chi connectivity index (χ3v) is 2.67. The van der Waals surface area contributed by atoms with Crippen molar-refractivity contribution in [3.8, 4) is 0 Å². The molecular weight excluding hydrogens is 186 g/mol. The van der Waals surface area contributed by atoms with Gasteiger partial charge in [0.05, 0.1) is 11.2 Å². The van der Waals surface area contributed by atoms with E-state index in [-0.39, 0.29) is 5.91 Å². The number of nitrogens with zero attached hydrogens (tertiary/aromatic N) is 2. The van der Waals surface area contributed by atoms with Crippen LogP contribution >= 0.6 is 11.3 Å². The topological polar surface area (TPSA) is 59.2 Å². The van der Waals surface area contributed by atoms with Crippen molar-refractivity contribution in [2.45, 2.75) is 6.92 Å². The summed E-state index contributed by atoms with van der Waals surface area (Å²) in [6.07, 6.45) is 0. The summed E-state index contributed by atoms with van der Waals surface area (Å²) in [6.45, 7) is 2.90. The van der Waals surface area contributed by atoms with E-state index < -0.39 is 0 Å². The lowest BCUT2D eigenvalue weighted by atomic mass is 10.3. The van der Waals surface area contributed by atoms with Crippen LogP contribution in [0.5, 0.6) is 0 Å². The molecule has 1 amide bonds. The van der Waals surface area contributed by atoms with Crippen molar-refractivity contribution in [1.82, 2.24) is 9.88 Å². The molecule has 1 heterocycles. The normalized spacial score (nSPS) is 10.1. The summed E-state index contributed by atoms with van der Waals surface area (Å²) in [5, 5.41) is 0. The molecule has 0 saturated heterocycles. The first kappa shape index (κ1) is 10.1. The van der Waals surface area contributed by atoms with E-state index in [4.69, 9.17) is 5.73 Å². The highest BCUT2D eigenvalue weighted by Gasteiger charge is 2.15. The second-order valence-corrected chi connectivity index (χ2v) is 3.64. The van der Waals surface area contributed by atoms with Crippen molar-refractivity contribution >= 4 is 17.2 Å². The lowest BCUT2D eigenvalue weighted by Crippen LogP contribution is -2.31. The number of aromatic nitrogens is 1.